The van der Waals surface area contributed by atoms with E-state index in [1.165, 1.54) is 16.9 Å². The van der Waals surface area contributed by atoms with Crippen LogP contribution in [0.3, 0.4) is 0 Å². The average molecular weight is 209 g/mol. The molecule has 0 saturated heterocycles. The number of hydrogen-bond donors (Lipinski definition) is 1. The molecular weight excluding hydrogens is 197 g/mol. The molecule has 0 unspecified atom stereocenters. The topological polar surface area (TPSA) is 50.4 Å². The highest BCUT2D eigenvalue weighted by Gasteiger charge is 2.07. The first-order valence-corrected chi connectivity index (χ1v) is 4.82. The van der Waals surface area contributed by atoms with Crippen molar-refractivity contribution in [1.82, 2.24) is 14.6 Å². The second-order valence-corrected chi connectivity index (χ2v) is 3.63. The Kier molecular flexibility index (Phi) is 2.64. The molecule has 0 fully saturated rings. The molecule has 15 heavy (non-hydrogen) atoms. The Balaban J connectivity index is 2.29. The predicted octanol–water partition coefficient (Wildman–Crippen LogP) is 1.18. The van der Waals surface area contributed by atoms with E-state index < -0.39 is 6.10 Å². The van der Waals surface area contributed by atoms with E-state index >= 15 is 0 Å². The third-order valence-electron chi connectivity index (χ3n) is 2.29. The van der Waals surface area contributed by atoms with Crippen LogP contribution in [-0.4, -0.2) is 25.8 Å². The van der Waals surface area contributed by atoms with E-state index in [1.807, 2.05) is 0 Å². The largest absolute Gasteiger partial charge is 0.393 e. The van der Waals surface area contributed by atoms with Crippen LogP contribution in [0.4, 0.5) is 4.39 Å². The Morgan fingerprint density at radius 1 is 1.60 bits per heavy atom. The van der Waals surface area contributed by atoms with Crippen molar-refractivity contribution >= 4 is 5.65 Å². The van der Waals surface area contributed by atoms with Gasteiger partial charge >= 0.3 is 0 Å². The molecular formula is C10H12FN3O. The number of hydrogen-bond acceptors (Lipinski definition) is 3. The molecule has 0 aliphatic heterocycles. The zero-order chi connectivity index (χ0) is 10.8. The number of halogens is 1. The van der Waals surface area contributed by atoms with Gasteiger partial charge in [-0.1, -0.05) is 0 Å². The molecule has 0 saturated carbocycles. The number of rotatable bonds is 3. The summed E-state index contributed by atoms with van der Waals surface area (Å²) in [5.41, 5.74) is 1.19. The van der Waals surface area contributed by atoms with Crippen molar-refractivity contribution in [2.45, 2.75) is 25.9 Å². The second kappa shape index (κ2) is 3.94. The molecule has 0 aliphatic carbocycles. The van der Waals surface area contributed by atoms with Crippen molar-refractivity contribution in [3.05, 3.63) is 30.0 Å². The van der Waals surface area contributed by atoms with Crippen molar-refractivity contribution in [2.24, 2.45) is 0 Å². The van der Waals surface area contributed by atoms with E-state index in [4.69, 9.17) is 5.11 Å². The number of nitrogens with zero attached hydrogens (tertiary/aromatic N) is 3. The highest BCUT2D eigenvalue weighted by Crippen LogP contribution is 2.13. The molecule has 5 heteroatoms. The summed E-state index contributed by atoms with van der Waals surface area (Å²) in [6.45, 7) is 1.69. The fourth-order valence-electron chi connectivity index (χ4n) is 1.44. The Morgan fingerprint density at radius 3 is 3.13 bits per heavy atom. The third-order valence-corrected chi connectivity index (χ3v) is 2.29. The van der Waals surface area contributed by atoms with E-state index in [1.54, 1.807) is 13.0 Å². The number of fused-ring (bicyclic) bond motifs is 1. The predicted molar refractivity (Wildman–Crippen MR) is 52.9 cm³/mol. The maximum Gasteiger partial charge on any atom is 0.161 e. The fraction of sp³-hybridized carbons (Fsp3) is 0.400. The van der Waals surface area contributed by atoms with E-state index in [-0.39, 0.29) is 5.82 Å². The van der Waals surface area contributed by atoms with Gasteiger partial charge in [-0.15, -0.1) is 10.2 Å². The summed E-state index contributed by atoms with van der Waals surface area (Å²) in [6, 6.07) is 1.66. The van der Waals surface area contributed by atoms with Gasteiger partial charge in [-0.05, 0) is 31.4 Å². The molecule has 0 bridgehead atoms. The smallest absolute Gasteiger partial charge is 0.161 e. The van der Waals surface area contributed by atoms with Gasteiger partial charge < -0.3 is 5.11 Å². The molecule has 2 heterocycles. The second-order valence-electron chi connectivity index (χ2n) is 3.63. The van der Waals surface area contributed by atoms with Crippen molar-refractivity contribution in [3.63, 3.8) is 0 Å². The first-order chi connectivity index (χ1) is 7.16. The minimum Gasteiger partial charge on any atom is -0.393 e. The molecule has 1 atom stereocenters. The Bertz CT molecular complexity index is 467. The molecule has 2 rings (SSSR count). The first-order valence-electron chi connectivity index (χ1n) is 4.82. The van der Waals surface area contributed by atoms with Crippen molar-refractivity contribution in [1.29, 1.82) is 0 Å². The van der Waals surface area contributed by atoms with E-state index in [0.29, 0.717) is 24.1 Å². The zero-order valence-corrected chi connectivity index (χ0v) is 8.39. The van der Waals surface area contributed by atoms with Gasteiger partial charge in [0.1, 0.15) is 12.1 Å². The lowest BCUT2D eigenvalue weighted by atomic mass is 10.1. The first kappa shape index (κ1) is 10.0. The van der Waals surface area contributed by atoms with Gasteiger partial charge in [0.05, 0.1) is 6.10 Å². The summed E-state index contributed by atoms with van der Waals surface area (Å²) in [5.74, 6) is -0.289. The zero-order valence-electron chi connectivity index (χ0n) is 8.39. The maximum atomic E-state index is 13.5. The van der Waals surface area contributed by atoms with Crippen LogP contribution in [0.2, 0.25) is 0 Å². The molecule has 0 amide bonds. The molecule has 1 N–H and O–H groups in total. The van der Waals surface area contributed by atoms with Gasteiger partial charge in [-0.25, -0.2) is 4.39 Å². The van der Waals surface area contributed by atoms with Crippen LogP contribution in [0.1, 0.15) is 18.9 Å². The lowest BCUT2D eigenvalue weighted by Gasteiger charge is -2.05. The minimum absolute atomic E-state index is 0.289. The van der Waals surface area contributed by atoms with Crippen LogP contribution < -0.4 is 0 Å². The maximum absolute atomic E-state index is 13.5. The summed E-state index contributed by atoms with van der Waals surface area (Å²) >= 11 is 0. The van der Waals surface area contributed by atoms with Crippen LogP contribution in [0, 0.1) is 5.82 Å². The number of pyridine rings is 1. The molecule has 2 aromatic heterocycles. The van der Waals surface area contributed by atoms with Gasteiger partial charge in [0.25, 0.3) is 0 Å². The summed E-state index contributed by atoms with van der Waals surface area (Å²) in [4.78, 5) is 0. The monoisotopic (exact) mass is 209 g/mol. The minimum atomic E-state index is -0.418. The van der Waals surface area contributed by atoms with Crippen LogP contribution in [0.25, 0.3) is 5.65 Å². The summed E-state index contributed by atoms with van der Waals surface area (Å²) in [5, 5.41) is 16.6. The van der Waals surface area contributed by atoms with Crippen molar-refractivity contribution < 1.29 is 9.50 Å². The number of aromatic nitrogens is 3. The van der Waals surface area contributed by atoms with Crippen molar-refractivity contribution in [2.75, 3.05) is 0 Å². The highest BCUT2D eigenvalue weighted by molar-refractivity contribution is 5.40. The molecule has 2 aromatic rings. The fourth-order valence-corrected chi connectivity index (χ4v) is 1.44. The van der Waals surface area contributed by atoms with Gasteiger partial charge in [0.15, 0.2) is 5.65 Å². The number of aliphatic hydroxyl groups excluding tert-OH is 1. The lowest BCUT2D eigenvalue weighted by molar-refractivity contribution is 0.184. The summed E-state index contributed by atoms with van der Waals surface area (Å²) in [7, 11) is 0. The highest BCUT2D eigenvalue weighted by atomic mass is 19.1. The molecule has 4 nitrogen and oxygen atoms in total. The lowest BCUT2D eigenvalue weighted by Crippen LogP contribution is -2.03. The summed E-state index contributed by atoms with van der Waals surface area (Å²) < 4.78 is 15.0. The third kappa shape index (κ3) is 2.12. The SMILES string of the molecule is C[C@H](O)CCc1cc2nncn2cc1F. The molecule has 0 aliphatic rings. The van der Waals surface area contributed by atoms with Gasteiger partial charge in [-0.3, -0.25) is 4.40 Å². The van der Waals surface area contributed by atoms with Crippen LogP contribution in [0.5, 0.6) is 0 Å². The van der Waals surface area contributed by atoms with Gasteiger partial charge in [0, 0.05) is 6.20 Å². The van der Waals surface area contributed by atoms with Gasteiger partial charge in [-0.2, -0.15) is 0 Å². The normalized spacial score (nSPS) is 13.3. The Morgan fingerprint density at radius 2 is 2.40 bits per heavy atom. The van der Waals surface area contributed by atoms with E-state index in [2.05, 4.69) is 10.2 Å². The van der Waals surface area contributed by atoms with E-state index in [0.717, 1.165) is 0 Å². The number of aliphatic hydroxyl groups is 1. The standard InChI is InChI=1S/C10H12FN3O/c1-7(15)2-3-8-4-10-13-12-6-14(10)5-9(8)11/h4-7,15H,2-3H2,1H3/t7-/m0/s1. The molecule has 80 valence electrons. The van der Waals surface area contributed by atoms with Crippen LogP contribution >= 0.6 is 0 Å². The molecule has 0 radical (unpaired) electrons. The average Bonchev–Trinajstić information content (AvgIpc) is 2.60. The Hall–Kier alpha value is -1.49. The Labute approximate surface area is 86.4 Å². The molecule has 0 spiro atoms. The summed E-state index contributed by atoms with van der Waals surface area (Å²) in [6.07, 6.45) is 3.44. The quantitative estimate of drug-likeness (QED) is 0.825. The van der Waals surface area contributed by atoms with Gasteiger partial charge in [0.2, 0.25) is 0 Å². The van der Waals surface area contributed by atoms with Crippen LogP contribution in [-0.2, 0) is 6.42 Å². The molecule has 0 aromatic carbocycles. The number of aryl methyl sites for hydroxylation is 1. The van der Waals surface area contributed by atoms with E-state index in [9.17, 15) is 4.39 Å². The van der Waals surface area contributed by atoms with Crippen molar-refractivity contribution in [3.8, 4) is 0 Å². The van der Waals surface area contributed by atoms with Crippen LogP contribution in [0.15, 0.2) is 18.6 Å².